The summed E-state index contributed by atoms with van der Waals surface area (Å²) in [5.74, 6) is 0.147. The summed E-state index contributed by atoms with van der Waals surface area (Å²) >= 11 is 0. The molecule has 176 valence electrons. The highest BCUT2D eigenvalue weighted by molar-refractivity contribution is 5.69. The maximum atomic E-state index is 11.6. The van der Waals surface area contributed by atoms with Gasteiger partial charge in [0.25, 0.3) is 0 Å². The number of nitrogen functional groups attached to an aromatic ring is 1. The van der Waals surface area contributed by atoms with E-state index in [1.165, 1.54) is 6.33 Å². The Morgan fingerprint density at radius 2 is 1.91 bits per heavy atom. The minimum Gasteiger partial charge on any atom is -0.481 e. The fraction of sp³-hybridized carbons (Fsp3) is 0.591. The van der Waals surface area contributed by atoms with Crippen molar-refractivity contribution in [2.75, 3.05) is 12.3 Å². The van der Waals surface area contributed by atoms with Gasteiger partial charge in [-0.3, -0.25) is 9.59 Å². The van der Waals surface area contributed by atoms with Crippen LogP contribution in [0.3, 0.4) is 0 Å². The largest absolute Gasteiger partial charge is 0.481 e. The van der Waals surface area contributed by atoms with Gasteiger partial charge in [-0.05, 0) is 36.8 Å². The monoisotopic (exact) mass is 447 g/mol. The van der Waals surface area contributed by atoms with Crippen LogP contribution in [0.1, 0.15) is 65.2 Å². The van der Waals surface area contributed by atoms with E-state index in [9.17, 15) is 9.59 Å². The number of rotatable bonds is 7. The van der Waals surface area contributed by atoms with Crippen LogP contribution in [0.4, 0.5) is 5.82 Å². The summed E-state index contributed by atoms with van der Waals surface area (Å²) < 4.78 is 13.1. The van der Waals surface area contributed by atoms with E-state index in [4.69, 9.17) is 25.6 Å². The van der Waals surface area contributed by atoms with Crippen molar-refractivity contribution >= 4 is 23.3 Å². The van der Waals surface area contributed by atoms with Gasteiger partial charge in [0.05, 0.1) is 11.8 Å². The van der Waals surface area contributed by atoms with Crippen LogP contribution in [-0.2, 0) is 19.1 Å². The SMILES string of the molecule is C#N.CC(C)CC(=O)O.CC(C)CC(=O)OCC1CCC(c2ccc3c(N)ncnn23)O1. The number of ether oxygens (including phenoxy) is 2. The summed E-state index contributed by atoms with van der Waals surface area (Å²) in [5.41, 5.74) is 7.57. The fourth-order valence-corrected chi connectivity index (χ4v) is 3.19. The van der Waals surface area contributed by atoms with Crippen LogP contribution in [0.15, 0.2) is 18.5 Å². The number of carboxylic acid groups (broad SMARTS) is 1. The topological polar surface area (TPSA) is 153 Å². The molecule has 3 heterocycles. The van der Waals surface area contributed by atoms with Crippen molar-refractivity contribution < 1.29 is 24.2 Å². The lowest BCUT2D eigenvalue weighted by molar-refractivity contribution is -0.148. The average molecular weight is 448 g/mol. The number of nitrogens with zero attached hydrogens (tertiary/aromatic N) is 4. The average Bonchev–Trinajstić information content (AvgIpc) is 3.34. The van der Waals surface area contributed by atoms with Crippen LogP contribution in [0.25, 0.3) is 5.52 Å². The third-order valence-electron chi connectivity index (χ3n) is 4.54. The highest BCUT2D eigenvalue weighted by Gasteiger charge is 2.29. The lowest BCUT2D eigenvalue weighted by Gasteiger charge is -2.14. The van der Waals surface area contributed by atoms with Gasteiger partial charge >= 0.3 is 11.9 Å². The molecule has 10 nitrogen and oxygen atoms in total. The Kier molecular flexibility index (Phi) is 11.1. The number of carbonyl (C=O) groups excluding carboxylic acids is 1. The van der Waals surface area contributed by atoms with E-state index in [0.29, 0.717) is 24.8 Å². The summed E-state index contributed by atoms with van der Waals surface area (Å²) in [7, 11) is 0. The van der Waals surface area contributed by atoms with Crippen LogP contribution < -0.4 is 5.73 Å². The molecule has 0 saturated carbocycles. The molecule has 2 unspecified atom stereocenters. The van der Waals surface area contributed by atoms with Crippen molar-refractivity contribution in [2.24, 2.45) is 11.8 Å². The van der Waals surface area contributed by atoms with Gasteiger partial charge in [-0.25, -0.2) is 14.8 Å². The van der Waals surface area contributed by atoms with Crippen LogP contribution in [0, 0.1) is 23.7 Å². The molecule has 2 atom stereocenters. The molecule has 2 aromatic heterocycles. The number of fused-ring (bicyclic) bond motifs is 1. The van der Waals surface area contributed by atoms with E-state index in [2.05, 4.69) is 16.7 Å². The number of aromatic nitrogens is 3. The van der Waals surface area contributed by atoms with E-state index in [1.54, 1.807) is 4.52 Å². The van der Waals surface area contributed by atoms with Crippen LogP contribution in [0.2, 0.25) is 0 Å². The second kappa shape index (κ2) is 13.3. The molecule has 0 aliphatic carbocycles. The second-order valence-corrected chi connectivity index (χ2v) is 8.30. The van der Waals surface area contributed by atoms with E-state index in [0.717, 1.165) is 24.1 Å². The molecule has 1 fully saturated rings. The molecular formula is C22H33N5O5. The number of esters is 1. The molecule has 0 spiro atoms. The van der Waals surface area contributed by atoms with Gasteiger partial charge in [-0.1, -0.05) is 27.7 Å². The second-order valence-electron chi connectivity index (χ2n) is 8.30. The highest BCUT2D eigenvalue weighted by atomic mass is 16.6. The maximum absolute atomic E-state index is 11.6. The molecule has 10 heteroatoms. The predicted octanol–water partition coefficient (Wildman–Crippen LogP) is 3.38. The van der Waals surface area contributed by atoms with Gasteiger partial charge in [0, 0.05) is 19.4 Å². The van der Waals surface area contributed by atoms with E-state index in [1.807, 2.05) is 39.8 Å². The standard InChI is InChI=1S/C16H22N4O3.C5H10O2.CHN/c1-10(2)7-15(21)22-8-11-3-6-14(23-11)12-4-5-13-16(17)18-9-19-20(12)13;1-4(2)3-5(6)7;1-2/h4-5,9-11,14H,3,6-8H2,1-2H3,(H2,17,18,19);4H,3H2,1-2H3,(H,6,7);1H. The molecule has 1 saturated heterocycles. The zero-order valence-corrected chi connectivity index (χ0v) is 19.1. The molecule has 1 aliphatic rings. The Morgan fingerprint density at radius 3 is 2.47 bits per heavy atom. The molecule has 0 amide bonds. The Bertz CT molecular complexity index is 893. The van der Waals surface area contributed by atoms with Crippen LogP contribution in [-0.4, -0.2) is 44.4 Å². The van der Waals surface area contributed by atoms with Crippen molar-refractivity contribution in [1.82, 2.24) is 14.6 Å². The number of anilines is 1. The first-order valence-corrected chi connectivity index (χ1v) is 10.5. The summed E-state index contributed by atoms with van der Waals surface area (Å²) in [5, 5.41) is 18.8. The van der Waals surface area contributed by atoms with Crippen LogP contribution >= 0.6 is 0 Å². The number of aliphatic carboxylic acids is 1. The predicted molar refractivity (Wildman–Crippen MR) is 118 cm³/mol. The van der Waals surface area contributed by atoms with Gasteiger partial charge in [0.15, 0.2) is 5.82 Å². The van der Waals surface area contributed by atoms with E-state index >= 15 is 0 Å². The lowest BCUT2D eigenvalue weighted by Crippen LogP contribution is -2.19. The number of hydrogen-bond donors (Lipinski definition) is 2. The lowest BCUT2D eigenvalue weighted by atomic mass is 10.1. The number of nitrogens with two attached hydrogens (primary N) is 1. The molecule has 3 rings (SSSR count). The van der Waals surface area contributed by atoms with Crippen molar-refractivity contribution in [3.8, 4) is 6.57 Å². The summed E-state index contributed by atoms with van der Waals surface area (Å²) in [6, 6.07) is 3.85. The Balaban J connectivity index is 0.000000488. The van der Waals surface area contributed by atoms with Gasteiger partial charge in [0.2, 0.25) is 0 Å². The number of hydrogen-bond acceptors (Lipinski definition) is 8. The summed E-state index contributed by atoms with van der Waals surface area (Å²) in [6.45, 7) is 11.6. The van der Waals surface area contributed by atoms with Crippen molar-refractivity contribution in [1.29, 1.82) is 5.26 Å². The first kappa shape index (κ1) is 26.8. The first-order chi connectivity index (χ1) is 15.2. The smallest absolute Gasteiger partial charge is 0.306 e. The Morgan fingerprint density at radius 1 is 1.25 bits per heavy atom. The fourth-order valence-electron chi connectivity index (χ4n) is 3.19. The third kappa shape index (κ3) is 8.51. The number of carbonyl (C=O) groups is 2. The highest BCUT2D eigenvalue weighted by Crippen LogP contribution is 2.33. The number of nitriles is 1. The molecule has 0 radical (unpaired) electrons. The molecular weight excluding hydrogens is 414 g/mol. The van der Waals surface area contributed by atoms with Gasteiger partial charge in [-0.15, -0.1) is 0 Å². The maximum Gasteiger partial charge on any atom is 0.306 e. The molecule has 1 aliphatic heterocycles. The van der Waals surface area contributed by atoms with Gasteiger partial charge in [0.1, 0.15) is 24.6 Å². The van der Waals surface area contributed by atoms with E-state index in [-0.39, 0.29) is 30.5 Å². The third-order valence-corrected chi connectivity index (χ3v) is 4.54. The minimum atomic E-state index is -0.713. The van der Waals surface area contributed by atoms with Gasteiger partial charge in [-0.2, -0.15) is 5.10 Å². The zero-order chi connectivity index (χ0) is 24.3. The molecule has 2 aromatic rings. The molecule has 3 N–H and O–H groups in total. The Hall–Kier alpha value is -3.19. The van der Waals surface area contributed by atoms with E-state index < -0.39 is 5.97 Å². The quantitative estimate of drug-likeness (QED) is 0.608. The van der Waals surface area contributed by atoms with Crippen molar-refractivity contribution in [3.05, 3.63) is 24.2 Å². The molecule has 32 heavy (non-hydrogen) atoms. The zero-order valence-electron chi connectivity index (χ0n) is 19.1. The summed E-state index contributed by atoms with van der Waals surface area (Å²) in [6.07, 6.45) is 3.73. The Labute approximate surface area is 188 Å². The van der Waals surface area contributed by atoms with Crippen molar-refractivity contribution in [2.45, 2.75) is 65.6 Å². The minimum absolute atomic E-state index is 0.0687. The molecule has 0 aromatic carbocycles. The van der Waals surface area contributed by atoms with Crippen molar-refractivity contribution in [3.63, 3.8) is 0 Å². The number of carboxylic acids is 1. The summed E-state index contributed by atoms with van der Waals surface area (Å²) in [4.78, 5) is 25.4. The first-order valence-electron chi connectivity index (χ1n) is 10.5. The molecule has 0 bridgehead atoms. The van der Waals surface area contributed by atoms with Crippen LogP contribution in [0.5, 0.6) is 0 Å². The normalized spacial score (nSPS) is 17.4. The van der Waals surface area contributed by atoms with Gasteiger partial charge < -0.3 is 20.3 Å².